The highest BCUT2D eigenvalue weighted by Gasteiger charge is 2.09. The van der Waals surface area contributed by atoms with Crippen molar-refractivity contribution in [2.45, 2.75) is 6.54 Å². The zero-order valence-corrected chi connectivity index (χ0v) is 15.3. The predicted molar refractivity (Wildman–Crippen MR) is 108 cm³/mol. The first-order valence-electron chi connectivity index (χ1n) is 8.58. The summed E-state index contributed by atoms with van der Waals surface area (Å²) in [6.45, 7) is 0.399. The quantitative estimate of drug-likeness (QED) is 0.548. The van der Waals surface area contributed by atoms with E-state index in [4.69, 9.17) is 0 Å². The molecule has 27 heavy (non-hydrogen) atoms. The van der Waals surface area contributed by atoms with E-state index >= 15 is 0 Å². The predicted octanol–water partition coefficient (Wildman–Crippen LogP) is 4.80. The fraction of sp³-hybridized carbons (Fsp3) is 0.0455. The van der Waals surface area contributed by atoms with Gasteiger partial charge in [-0.1, -0.05) is 42.5 Å². The van der Waals surface area contributed by atoms with Gasteiger partial charge in [-0.2, -0.15) is 0 Å². The number of hydrogen-bond acceptors (Lipinski definition) is 4. The molecular weight excluding hydrogens is 354 g/mol. The molecule has 0 unspecified atom stereocenters. The number of amides is 1. The molecule has 132 valence electrons. The van der Waals surface area contributed by atoms with Gasteiger partial charge in [-0.3, -0.25) is 9.78 Å². The number of benzene rings is 2. The molecule has 0 radical (unpaired) electrons. The van der Waals surface area contributed by atoms with E-state index in [0.29, 0.717) is 12.1 Å². The van der Waals surface area contributed by atoms with Crippen LogP contribution in [-0.4, -0.2) is 15.9 Å². The van der Waals surface area contributed by atoms with Gasteiger partial charge in [0.15, 0.2) is 0 Å². The second-order valence-electron chi connectivity index (χ2n) is 6.01. The van der Waals surface area contributed by atoms with E-state index in [1.54, 1.807) is 23.7 Å². The van der Waals surface area contributed by atoms with Crippen molar-refractivity contribution in [3.8, 4) is 21.7 Å². The van der Waals surface area contributed by atoms with Crippen molar-refractivity contribution in [2.75, 3.05) is 0 Å². The first-order chi connectivity index (χ1) is 13.3. The normalized spacial score (nSPS) is 10.5. The van der Waals surface area contributed by atoms with E-state index in [1.165, 1.54) is 0 Å². The Kier molecular flexibility index (Phi) is 5.03. The molecule has 4 nitrogen and oxygen atoms in total. The molecule has 1 amide bonds. The Balaban J connectivity index is 1.39. The second kappa shape index (κ2) is 7.93. The van der Waals surface area contributed by atoms with Crippen LogP contribution in [0.1, 0.15) is 16.1 Å². The van der Waals surface area contributed by atoms with Crippen LogP contribution in [-0.2, 0) is 6.54 Å². The van der Waals surface area contributed by atoms with Crippen molar-refractivity contribution in [3.05, 3.63) is 95.8 Å². The number of rotatable bonds is 5. The summed E-state index contributed by atoms with van der Waals surface area (Å²) < 4.78 is 0. The number of nitrogens with zero attached hydrogens (tertiary/aromatic N) is 2. The third-order valence-corrected chi connectivity index (χ3v) is 5.08. The molecule has 0 saturated heterocycles. The van der Waals surface area contributed by atoms with Gasteiger partial charge in [-0.15, -0.1) is 11.3 Å². The highest BCUT2D eigenvalue weighted by Crippen LogP contribution is 2.23. The number of carbonyl (C=O) groups excluding carboxylic acids is 1. The van der Waals surface area contributed by atoms with Gasteiger partial charge in [0.25, 0.3) is 5.91 Å². The minimum Gasteiger partial charge on any atom is -0.346 e. The molecular formula is C22H17N3OS. The molecule has 0 aliphatic carbocycles. The van der Waals surface area contributed by atoms with Crippen molar-refractivity contribution in [2.24, 2.45) is 0 Å². The van der Waals surface area contributed by atoms with Gasteiger partial charge >= 0.3 is 0 Å². The van der Waals surface area contributed by atoms with Crippen LogP contribution >= 0.6 is 11.3 Å². The van der Waals surface area contributed by atoms with E-state index < -0.39 is 0 Å². The molecule has 0 atom stereocenters. The van der Waals surface area contributed by atoms with Gasteiger partial charge in [0.1, 0.15) is 5.01 Å². The Bertz CT molecular complexity index is 1030. The van der Waals surface area contributed by atoms with Gasteiger partial charge in [0.2, 0.25) is 0 Å². The van der Waals surface area contributed by atoms with E-state index in [0.717, 1.165) is 27.4 Å². The lowest BCUT2D eigenvalue weighted by atomic mass is 10.0. The largest absolute Gasteiger partial charge is 0.346 e. The number of nitrogens with one attached hydrogen (secondary N) is 1. The minimum atomic E-state index is -0.106. The van der Waals surface area contributed by atoms with Crippen molar-refractivity contribution < 1.29 is 4.79 Å². The van der Waals surface area contributed by atoms with E-state index in [2.05, 4.69) is 27.4 Å². The van der Waals surface area contributed by atoms with E-state index in [1.807, 2.05) is 60.0 Å². The van der Waals surface area contributed by atoms with Crippen LogP contribution in [0.15, 0.2) is 84.5 Å². The molecule has 0 aliphatic rings. The Morgan fingerprint density at radius 1 is 0.889 bits per heavy atom. The molecule has 2 aromatic carbocycles. The monoisotopic (exact) mass is 371 g/mol. The van der Waals surface area contributed by atoms with Crippen LogP contribution in [0.5, 0.6) is 0 Å². The van der Waals surface area contributed by atoms with Crippen LogP contribution in [0.25, 0.3) is 21.7 Å². The molecule has 4 rings (SSSR count). The number of aromatic nitrogens is 2. The van der Waals surface area contributed by atoms with Crippen molar-refractivity contribution in [3.63, 3.8) is 0 Å². The van der Waals surface area contributed by atoms with Crippen LogP contribution < -0.4 is 5.32 Å². The molecule has 1 N–H and O–H groups in total. The Morgan fingerprint density at radius 2 is 1.63 bits per heavy atom. The van der Waals surface area contributed by atoms with Crippen LogP contribution in [0.4, 0.5) is 0 Å². The van der Waals surface area contributed by atoms with E-state index in [9.17, 15) is 4.79 Å². The molecule has 5 heteroatoms. The minimum absolute atomic E-state index is 0.106. The SMILES string of the molecule is O=C(NCc1csc(-c2cccnc2)n1)c1ccc(-c2ccccc2)cc1. The first-order valence-corrected chi connectivity index (χ1v) is 9.46. The van der Waals surface area contributed by atoms with Gasteiger partial charge in [-0.05, 0) is 35.4 Å². The van der Waals surface area contributed by atoms with Crippen molar-refractivity contribution >= 4 is 17.2 Å². The number of carbonyl (C=O) groups is 1. The molecule has 4 aromatic rings. The molecule has 0 saturated carbocycles. The molecule has 0 aliphatic heterocycles. The van der Waals surface area contributed by atoms with Crippen LogP contribution in [0, 0.1) is 0 Å². The van der Waals surface area contributed by atoms with Crippen molar-refractivity contribution in [1.82, 2.24) is 15.3 Å². The van der Waals surface area contributed by atoms with Crippen LogP contribution in [0.2, 0.25) is 0 Å². The summed E-state index contributed by atoms with van der Waals surface area (Å²) >= 11 is 1.55. The summed E-state index contributed by atoms with van der Waals surface area (Å²) in [5, 5.41) is 5.79. The standard InChI is InChI=1S/C22H17N3OS/c26-21(18-10-8-17(9-11-18)16-5-2-1-3-6-16)24-14-20-15-27-22(25-20)19-7-4-12-23-13-19/h1-13,15H,14H2,(H,24,26). The van der Waals surface area contributed by atoms with Crippen molar-refractivity contribution in [1.29, 1.82) is 0 Å². The van der Waals surface area contributed by atoms with Gasteiger partial charge in [-0.25, -0.2) is 4.98 Å². The van der Waals surface area contributed by atoms with Crippen LogP contribution in [0.3, 0.4) is 0 Å². The first kappa shape index (κ1) is 17.1. The molecule has 2 aromatic heterocycles. The molecule has 2 heterocycles. The average molecular weight is 371 g/mol. The second-order valence-corrected chi connectivity index (χ2v) is 6.87. The lowest BCUT2D eigenvalue weighted by Gasteiger charge is -2.05. The topological polar surface area (TPSA) is 54.9 Å². The summed E-state index contributed by atoms with van der Waals surface area (Å²) in [5.74, 6) is -0.106. The highest BCUT2D eigenvalue weighted by atomic mass is 32.1. The van der Waals surface area contributed by atoms with E-state index in [-0.39, 0.29) is 5.91 Å². The third kappa shape index (κ3) is 4.10. The summed E-state index contributed by atoms with van der Waals surface area (Å²) in [5.41, 5.74) is 4.68. The molecule has 0 bridgehead atoms. The lowest BCUT2D eigenvalue weighted by Crippen LogP contribution is -2.22. The smallest absolute Gasteiger partial charge is 0.251 e. The maximum absolute atomic E-state index is 12.4. The Hall–Kier alpha value is -3.31. The summed E-state index contributed by atoms with van der Waals surface area (Å²) in [4.78, 5) is 21.1. The summed E-state index contributed by atoms with van der Waals surface area (Å²) in [7, 11) is 0. The van der Waals surface area contributed by atoms with Gasteiger partial charge in [0, 0.05) is 28.9 Å². The summed E-state index contributed by atoms with van der Waals surface area (Å²) in [6.07, 6.45) is 3.52. The summed E-state index contributed by atoms with van der Waals surface area (Å²) in [6, 6.07) is 21.6. The number of hydrogen-bond donors (Lipinski definition) is 1. The van der Waals surface area contributed by atoms with Gasteiger partial charge < -0.3 is 5.32 Å². The molecule has 0 fully saturated rings. The maximum Gasteiger partial charge on any atom is 0.251 e. The zero-order chi connectivity index (χ0) is 18.5. The van der Waals surface area contributed by atoms with Gasteiger partial charge in [0.05, 0.1) is 12.2 Å². The lowest BCUT2D eigenvalue weighted by molar-refractivity contribution is 0.0950. The number of thiazole rings is 1. The average Bonchev–Trinajstić information content (AvgIpc) is 3.22. The molecule has 0 spiro atoms. The zero-order valence-electron chi connectivity index (χ0n) is 14.5. The Labute approximate surface area is 161 Å². The maximum atomic E-state index is 12.4. The fourth-order valence-corrected chi connectivity index (χ4v) is 3.54. The third-order valence-electron chi connectivity index (χ3n) is 4.14. The number of pyridine rings is 1. The highest BCUT2D eigenvalue weighted by molar-refractivity contribution is 7.13. The fourth-order valence-electron chi connectivity index (χ4n) is 2.73. The Morgan fingerprint density at radius 3 is 2.37 bits per heavy atom.